The fraction of sp³-hybridized carbons (Fsp3) is 0.800. The van der Waals surface area contributed by atoms with E-state index in [1.54, 1.807) is 0 Å². The first-order chi connectivity index (χ1) is 9.15. The van der Waals surface area contributed by atoms with Crippen molar-refractivity contribution in [3.05, 3.63) is 15.9 Å². The minimum Gasteiger partial charge on any atom is -0.317 e. The van der Waals surface area contributed by atoms with E-state index < -0.39 is 0 Å². The summed E-state index contributed by atoms with van der Waals surface area (Å²) in [5, 5.41) is 8.09. The maximum Gasteiger partial charge on any atom is 0.0766 e. The van der Waals surface area contributed by atoms with Gasteiger partial charge in [0.05, 0.1) is 15.9 Å². The van der Waals surface area contributed by atoms with Crippen LogP contribution in [0.4, 0.5) is 0 Å². The van der Waals surface area contributed by atoms with E-state index in [0.29, 0.717) is 6.04 Å². The first-order valence-corrected chi connectivity index (χ1v) is 8.32. The molecule has 0 spiro atoms. The number of rotatable bonds is 6. The van der Waals surface area contributed by atoms with Crippen LogP contribution in [0.5, 0.6) is 0 Å². The summed E-state index contributed by atoms with van der Waals surface area (Å²) in [5.74, 6) is 0.926. The van der Waals surface area contributed by atoms with E-state index in [0.717, 1.165) is 18.8 Å². The van der Waals surface area contributed by atoms with Crippen molar-refractivity contribution in [2.75, 3.05) is 7.05 Å². The average molecular weight is 328 g/mol. The van der Waals surface area contributed by atoms with E-state index in [9.17, 15) is 0 Å². The third kappa shape index (κ3) is 3.60. The van der Waals surface area contributed by atoms with Gasteiger partial charge in [-0.25, -0.2) is 0 Å². The summed E-state index contributed by atoms with van der Waals surface area (Å²) in [4.78, 5) is 0. The molecule has 1 atom stereocenters. The molecule has 19 heavy (non-hydrogen) atoms. The second kappa shape index (κ2) is 6.89. The minimum atomic E-state index is 0.569. The van der Waals surface area contributed by atoms with Gasteiger partial charge in [0.25, 0.3) is 0 Å². The van der Waals surface area contributed by atoms with Crippen molar-refractivity contribution in [2.24, 2.45) is 13.0 Å². The molecule has 1 N–H and O–H groups in total. The van der Waals surface area contributed by atoms with Gasteiger partial charge in [-0.1, -0.05) is 32.6 Å². The third-order valence-electron chi connectivity index (χ3n) is 4.44. The maximum absolute atomic E-state index is 4.59. The number of hydrogen-bond acceptors (Lipinski definition) is 2. The second-order valence-electron chi connectivity index (χ2n) is 5.76. The lowest BCUT2D eigenvalue weighted by Crippen LogP contribution is -2.30. The van der Waals surface area contributed by atoms with Crippen LogP contribution >= 0.6 is 15.9 Å². The molecule has 1 aromatic rings. The molecular formula is C15H26BrN3. The summed E-state index contributed by atoms with van der Waals surface area (Å²) in [6.45, 7) is 2.16. The molecule has 1 aromatic heterocycles. The Morgan fingerprint density at radius 1 is 1.42 bits per heavy atom. The Labute approximate surface area is 125 Å². The van der Waals surface area contributed by atoms with E-state index in [2.05, 4.69) is 47.4 Å². The zero-order chi connectivity index (χ0) is 13.8. The molecule has 3 nitrogen and oxygen atoms in total. The van der Waals surface area contributed by atoms with Crippen molar-refractivity contribution >= 4 is 15.9 Å². The van der Waals surface area contributed by atoms with Crippen LogP contribution in [0.15, 0.2) is 4.47 Å². The lowest BCUT2D eigenvalue weighted by atomic mass is 9.95. The van der Waals surface area contributed by atoms with Crippen molar-refractivity contribution in [3.63, 3.8) is 0 Å². The molecule has 0 aromatic carbocycles. The van der Waals surface area contributed by atoms with E-state index in [4.69, 9.17) is 0 Å². The highest BCUT2D eigenvalue weighted by molar-refractivity contribution is 9.10. The SMILES string of the molecule is CCc1nn(C)c(CC(CC2CCCC2)NC)c1Br. The third-order valence-corrected chi connectivity index (χ3v) is 5.36. The Morgan fingerprint density at radius 2 is 2.11 bits per heavy atom. The zero-order valence-electron chi connectivity index (χ0n) is 12.4. The quantitative estimate of drug-likeness (QED) is 0.867. The normalized spacial score (nSPS) is 18.1. The Kier molecular flexibility index (Phi) is 5.46. The molecule has 108 valence electrons. The number of aryl methyl sites for hydroxylation is 2. The van der Waals surface area contributed by atoms with Crippen LogP contribution in [-0.2, 0) is 19.9 Å². The van der Waals surface area contributed by atoms with Crippen LogP contribution in [0.25, 0.3) is 0 Å². The standard InChI is InChI=1S/C15H26BrN3/c1-4-13-15(16)14(19(3)18-13)10-12(17-2)9-11-7-5-6-8-11/h11-12,17H,4-10H2,1-3H3. The van der Waals surface area contributed by atoms with Gasteiger partial charge in [-0.15, -0.1) is 0 Å². The average Bonchev–Trinajstić information content (AvgIpc) is 3.00. The fourth-order valence-electron chi connectivity index (χ4n) is 3.23. The first-order valence-electron chi connectivity index (χ1n) is 7.53. The van der Waals surface area contributed by atoms with E-state index >= 15 is 0 Å². The molecule has 1 fully saturated rings. The van der Waals surface area contributed by atoms with Crippen LogP contribution in [0.1, 0.15) is 50.4 Å². The van der Waals surface area contributed by atoms with Crippen LogP contribution in [0.2, 0.25) is 0 Å². The Balaban J connectivity index is 2.02. The van der Waals surface area contributed by atoms with Crippen LogP contribution in [-0.4, -0.2) is 22.9 Å². The number of nitrogens with one attached hydrogen (secondary N) is 1. The van der Waals surface area contributed by atoms with Crippen LogP contribution in [0, 0.1) is 5.92 Å². The summed E-state index contributed by atoms with van der Waals surface area (Å²) in [5.41, 5.74) is 2.50. The summed E-state index contributed by atoms with van der Waals surface area (Å²) < 4.78 is 3.26. The highest BCUT2D eigenvalue weighted by atomic mass is 79.9. The molecule has 1 aliphatic carbocycles. The predicted octanol–water partition coefficient (Wildman–Crippen LogP) is 3.46. The van der Waals surface area contributed by atoms with Crippen LogP contribution in [0.3, 0.4) is 0 Å². The molecule has 0 saturated heterocycles. The summed E-state index contributed by atoms with van der Waals surface area (Å²) in [6.07, 6.45) is 9.05. The van der Waals surface area contributed by atoms with Crippen molar-refractivity contribution in [2.45, 2.75) is 57.9 Å². The van der Waals surface area contributed by atoms with Gasteiger partial charge in [0, 0.05) is 19.5 Å². The van der Waals surface area contributed by atoms with Crippen molar-refractivity contribution in [3.8, 4) is 0 Å². The van der Waals surface area contributed by atoms with Gasteiger partial charge in [0.1, 0.15) is 0 Å². The molecule has 0 aliphatic heterocycles. The number of nitrogens with zero attached hydrogens (tertiary/aromatic N) is 2. The van der Waals surface area contributed by atoms with Gasteiger partial charge < -0.3 is 5.32 Å². The number of halogens is 1. The zero-order valence-corrected chi connectivity index (χ0v) is 14.0. The Hall–Kier alpha value is -0.350. The molecule has 2 rings (SSSR count). The lowest BCUT2D eigenvalue weighted by molar-refractivity contribution is 0.397. The van der Waals surface area contributed by atoms with E-state index in [-0.39, 0.29) is 0 Å². The summed E-state index contributed by atoms with van der Waals surface area (Å²) >= 11 is 3.72. The van der Waals surface area contributed by atoms with Crippen LogP contribution < -0.4 is 5.32 Å². The fourth-order valence-corrected chi connectivity index (χ4v) is 4.00. The van der Waals surface area contributed by atoms with E-state index in [1.165, 1.54) is 48.0 Å². The largest absolute Gasteiger partial charge is 0.317 e. The Morgan fingerprint density at radius 3 is 2.63 bits per heavy atom. The van der Waals surface area contributed by atoms with Crippen molar-refractivity contribution in [1.82, 2.24) is 15.1 Å². The summed E-state index contributed by atoms with van der Waals surface area (Å²) in [7, 11) is 4.15. The number of hydrogen-bond donors (Lipinski definition) is 1. The highest BCUT2D eigenvalue weighted by Crippen LogP contribution is 2.30. The van der Waals surface area contributed by atoms with E-state index in [1.807, 2.05) is 4.68 Å². The van der Waals surface area contributed by atoms with Gasteiger partial charge in [-0.2, -0.15) is 5.10 Å². The molecule has 0 radical (unpaired) electrons. The molecule has 1 saturated carbocycles. The van der Waals surface area contributed by atoms with Crippen molar-refractivity contribution < 1.29 is 0 Å². The molecule has 1 heterocycles. The molecule has 1 aliphatic rings. The molecular weight excluding hydrogens is 302 g/mol. The van der Waals surface area contributed by atoms with Gasteiger partial charge >= 0.3 is 0 Å². The lowest BCUT2D eigenvalue weighted by Gasteiger charge is -2.20. The van der Waals surface area contributed by atoms with Gasteiger partial charge in [-0.3, -0.25) is 4.68 Å². The maximum atomic E-state index is 4.59. The molecule has 1 unspecified atom stereocenters. The summed E-state index contributed by atoms with van der Waals surface area (Å²) in [6, 6.07) is 0.569. The van der Waals surface area contributed by atoms with Gasteiger partial charge in [0.2, 0.25) is 0 Å². The minimum absolute atomic E-state index is 0.569. The first kappa shape index (κ1) is 15.0. The second-order valence-corrected chi connectivity index (χ2v) is 6.55. The monoisotopic (exact) mass is 327 g/mol. The Bertz CT molecular complexity index is 408. The van der Waals surface area contributed by atoms with Gasteiger partial charge in [0.15, 0.2) is 0 Å². The highest BCUT2D eigenvalue weighted by Gasteiger charge is 2.22. The topological polar surface area (TPSA) is 29.9 Å². The molecule has 4 heteroatoms. The molecule has 0 bridgehead atoms. The van der Waals surface area contributed by atoms with Crippen molar-refractivity contribution in [1.29, 1.82) is 0 Å². The number of likely N-dealkylation sites (N-methyl/N-ethyl adjacent to an activating group) is 1. The number of aromatic nitrogens is 2. The molecule has 0 amide bonds. The smallest absolute Gasteiger partial charge is 0.0766 e. The van der Waals surface area contributed by atoms with Gasteiger partial charge in [-0.05, 0) is 41.7 Å². The predicted molar refractivity (Wildman–Crippen MR) is 83.4 cm³/mol.